The number of nitrogens with zero attached hydrogens (tertiary/aromatic N) is 3. The number of carbonyl (C=O) groups is 1. The van der Waals surface area contributed by atoms with Gasteiger partial charge in [-0.15, -0.1) is 0 Å². The van der Waals surface area contributed by atoms with Gasteiger partial charge in [0, 0.05) is 55.4 Å². The molecule has 0 aliphatic carbocycles. The second kappa shape index (κ2) is 7.85. The lowest BCUT2D eigenvalue weighted by Crippen LogP contribution is -2.57. The van der Waals surface area contributed by atoms with Crippen LogP contribution in [0.2, 0.25) is 5.02 Å². The summed E-state index contributed by atoms with van der Waals surface area (Å²) in [6, 6.07) is 8.51. The number of benzene rings is 1. The third kappa shape index (κ3) is 3.93. The van der Waals surface area contributed by atoms with Crippen molar-refractivity contribution in [2.75, 3.05) is 39.8 Å². The van der Waals surface area contributed by atoms with E-state index in [-0.39, 0.29) is 5.91 Å². The predicted molar refractivity (Wildman–Crippen MR) is 98.7 cm³/mol. The molecule has 2 heterocycles. The highest BCUT2D eigenvalue weighted by Gasteiger charge is 2.33. The number of piperazine rings is 1. The molecule has 2 aliphatic rings. The maximum Gasteiger partial charge on any atom is 0.253 e. The highest BCUT2D eigenvalue weighted by Crippen LogP contribution is 2.24. The Morgan fingerprint density at radius 3 is 2.42 bits per heavy atom. The van der Waals surface area contributed by atoms with Crippen LogP contribution in [0.5, 0.6) is 0 Å². The van der Waals surface area contributed by atoms with Crippen molar-refractivity contribution in [3.8, 4) is 0 Å². The molecule has 0 unspecified atom stereocenters. The first kappa shape index (κ1) is 17.7. The molecule has 2 fully saturated rings. The molecule has 2 aliphatic heterocycles. The first-order valence-corrected chi connectivity index (χ1v) is 9.45. The average molecular weight is 350 g/mol. The minimum Gasteiger partial charge on any atom is -0.339 e. The monoisotopic (exact) mass is 349 g/mol. The minimum atomic E-state index is 0.135. The van der Waals surface area contributed by atoms with E-state index in [2.05, 4.69) is 23.8 Å². The van der Waals surface area contributed by atoms with E-state index in [1.807, 2.05) is 17.0 Å². The quantitative estimate of drug-likeness (QED) is 0.839. The number of hydrogen-bond acceptors (Lipinski definition) is 3. The van der Waals surface area contributed by atoms with Crippen LogP contribution in [0.25, 0.3) is 0 Å². The van der Waals surface area contributed by atoms with E-state index in [9.17, 15) is 4.79 Å². The number of likely N-dealkylation sites (tertiary alicyclic amines) is 1. The Labute approximate surface area is 150 Å². The number of rotatable bonds is 3. The van der Waals surface area contributed by atoms with Crippen LogP contribution >= 0.6 is 11.6 Å². The number of amides is 1. The highest BCUT2D eigenvalue weighted by atomic mass is 35.5. The SMILES string of the molecule is CC[C@H]1CN(C)CCN1C1CCN(C(=O)c2ccc(Cl)cc2)CC1. The molecule has 1 amide bonds. The first-order valence-electron chi connectivity index (χ1n) is 9.07. The molecular formula is C19H28ClN3O. The van der Waals surface area contributed by atoms with Crippen LogP contribution in [-0.4, -0.2) is 72.5 Å². The molecule has 0 saturated carbocycles. The molecule has 24 heavy (non-hydrogen) atoms. The van der Waals surface area contributed by atoms with Gasteiger partial charge in [-0.3, -0.25) is 9.69 Å². The van der Waals surface area contributed by atoms with Gasteiger partial charge in [0.05, 0.1) is 0 Å². The Balaban J connectivity index is 1.57. The molecular weight excluding hydrogens is 322 g/mol. The van der Waals surface area contributed by atoms with E-state index < -0.39 is 0 Å². The van der Waals surface area contributed by atoms with Crippen LogP contribution in [0.15, 0.2) is 24.3 Å². The molecule has 1 aromatic rings. The molecule has 3 rings (SSSR count). The van der Waals surface area contributed by atoms with Gasteiger partial charge in [0.25, 0.3) is 5.91 Å². The number of carbonyl (C=O) groups excluding carboxylic acids is 1. The topological polar surface area (TPSA) is 26.8 Å². The zero-order valence-corrected chi connectivity index (χ0v) is 15.5. The predicted octanol–water partition coefficient (Wildman–Crippen LogP) is 2.97. The van der Waals surface area contributed by atoms with Crippen molar-refractivity contribution >= 4 is 17.5 Å². The summed E-state index contributed by atoms with van der Waals surface area (Å²) in [5, 5.41) is 0.672. The van der Waals surface area contributed by atoms with Gasteiger partial charge in [-0.25, -0.2) is 0 Å². The van der Waals surface area contributed by atoms with Crippen LogP contribution in [0.3, 0.4) is 0 Å². The molecule has 4 nitrogen and oxygen atoms in total. The maximum atomic E-state index is 12.6. The molecule has 0 radical (unpaired) electrons. The third-order valence-corrected chi connectivity index (χ3v) is 5.77. The Morgan fingerprint density at radius 1 is 1.12 bits per heavy atom. The molecule has 5 heteroatoms. The largest absolute Gasteiger partial charge is 0.339 e. The van der Waals surface area contributed by atoms with Crippen molar-refractivity contribution in [1.29, 1.82) is 0 Å². The summed E-state index contributed by atoms with van der Waals surface area (Å²) in [5.41, 5.74) is 0.740. The second-order valence-corrected chi connectivity index (χ2v) is 7.53. The zero-order chi connectivity index (χ0) is 17.1. The van der Waals surface area contributed by atoms with E-state index in [1.165, 1.54) is 13.0 Å². The molecule has 0 aromatic heterocycles. The smallest absolute Gasteiger partial charge is 0.253 e. The Morgan fingerprint density at radius 2 is 1.79 bits per heavy atom. The summed E-state index contributed by atoms with van der Waals surface area (Å²) in [6.45, 7) is 7.48. The summed E-state index contributed by atoms with van der Waals surface area (Å²) < 4.78 is 0. The van der Waals surface area contributed by atoms with Crippen molar-refractivity contribution < 1.29 is 4.79 Å². The molecule has 1 atom stereocenters. The van der Waals surface area contributed by atoms with Crippen LogP contribution < -0.4 is 0 Å². The molecule has 0 N–H and O–H groups in total. The third-order valence-electron chi connectivity index (χ3n) is 5.51. The number of halogens is 1. The Bertz CT molecular complexity index is 554. The molecule has 2 saturated heterocycles. The van der Waals surface area contributed by atoms with Gasteiger partial charge >= 0.3 is 0 Å². The standard InChI is InChI=1S/C19H28ClN3O/c1-3-17-14-21(2)12-13-23(17)18-8-10-22(11-9-18)19(24)15-4-6-16(20)7-5-15/h4-7,17-18H,3,8-14H2,1-2H3/t17-/m0/s1. The van der Waals surface area contributed by atoms with Crippen molar-refractivity contribution in [2.24, 2.45) is 0 Å². The van der Waals surface area contributed by atoms with E-state index in [1.54, 1.807) is 12.1 Å². The van der Waals surface area contributed by atoms with Gasteiger partial charge in [0.2, 0.25) is 0 Å². The fourth-order valence-electron chi connectivity index (χ4n) is 4.04. The summed E-state index contributed by atoms with van der Waals surface area (Å²) in [5.74, 6) is 0.135. The van der Waals surface area contributed by atoms with Gasteiger partial charge in [0.1, 0.15) is 0 Å². The molecule has 0 spiro atoms. The highest BCUT2D eigenvalue weighted by molar-refractivity contribution is 6.30. The number of hydrogen-bond donors (Lipinski definition) is 0. The van der Waals surface area contributed by atoms with Crippen LogP contribution in [0.4, 0.5) is 0 Å². The Kier molecular flexibility index (Phi) is 5.80. The first-order chi connectivity index (χ1) is 11.6. The van der Waals surface area contributed by atoms with Gasteiger partial charge in [-0.1, -0.05) is 18.5 Å². The lowest BCUT2D eigenvalue weighted by Gasteiger charge is -2.46. The molecule has 0 bridgehead atoms. The summed E-state index contributed by atoms with van der Waals surface area (Å²) >= 11 is 5.91. The fourth-order valence-corrected chi connectivity index (χ4v) is 4.17. The summed E-state index contributed by atoms with van der Waals surface area (Å²) in [6.07, 6.45) is 3.37. The fraction of sp³-hybridized carbons (Fsp3) is 0.632. The number of piperidine rings is 1. The van der Waals surface area contributed by atoms with Crippen LogP contribution in [0.1, 0.15) is 36.5 Å². The Hall–Kier alpha value is -1.10. The van der Waals surface area contributed by atoms with E-state index in [4.69, 9.17) is 11.6 Å². The molecule has 132 valence electrons. The summed E-state index contributed by atoms with van der Waals surface area (Å²) in [4.78, 5) is 19.7. The maximum absolute atomic E-state index is 12.6. The van der Waals surface area contributed by atoms with Gasteiger partial charge in [-0.2, -0.15) is 0 Å². The van der Waals surface area contributed by atoms with Crippen molar-refractivity contribution in [1.82, 2.24) is 14.7 Å². The van der Waals surface area contributed by atoms with Crippen molar-refractivity contribution in [3.63, 3.8) is 0 Å². The zero-order valence-electron chi connectivity index (χ0n) is 14.7. The van der Waals surface area contributed by atoms with E-state index >= 15 is 0 Å². The van der Waals surface area contributed by atoms with Crippen molar-refractivity contribution in [2.45, 2.75) is 38.3 Å². The van der Waals surface area contributed by atoms with Gasteiger partial charge < -0.3 is 9.80 Å². The van der Waals surface area contributed by atoms with E-state index in [0.717, 1.165) is 44.6 Å². The minimum absolute atomic E-state index is 0.135. The van der Waals surface area contributed by atoms with Crippen molar-refractivity contribution in [3.05, 3.63) is 34.9 Å². The lowest BCUT2D eigenvalue weighted by molar-refractivity contribution is 0.0209. The van der Waals surface area contributed by atoms with Gasteiger partial charge in [0.15, 0.2) is 0 Å². The second-order valence-electron chi connectivity index (χ2n) is 7.09. The average Bonchev–Trinajstić information content (AvgIpc) is 2.62. The normalized spacial score (nSPS) is 24.3. The molecule has 1 aromatic carbocycles. The lowest BCUT2D eigenvalue weighted by atomic mass is 9.98. The van der Waals surface area contributed by atoms with E-state index in [0.29, 0.717) is 17.1 Å². The van der Waals surface area contributed by atoms with Crippen LogP contribution in [-0.2, 0) is 0 Å². The van der Waals surface area contributed by atoms with Gasteiger partial charge in [-0.05, 0) is 50.6 Å². The summed E-state index contributed by atoms with van der Waals surface area (Å²) in [7, 11) is 2.22. The van der Waals surface area contributed by atoms with Crippen LogP contribution in [0, 0.1) is 0 Å². The number of likely N-dealkylation sites (N-methyl/N-ethyl adjacent to an activating group) is 1.